The number of nitrogens with two attached hydrogens (primary N) is 1. The molecule has 1 aromatic rings. The van der Waals surface area contributed by atoms with Crippen molar-refractivity contribution < 1.29 is 0 Å². The lowest BCUT2D eigenvalue weighted by atomic mass is 10.3. The molecule has 0 bridgehead atoms. The van der Waals surface area contributed by atoms with Gasteiger partial charge in [-0.05, 0) is 12.3 Å². The molecule has 3 nitrogen and oxygen atoms in total. The number of rotatable bonds is 4. The summed E-state index contributed by atoms with van der Waals surface area (Å²) in [4.78, 5) is 0. The maximum atomic E-state index is 5.48. The van der Waals surface area contributed by atoms with Crippen LogP contribution in [0.2, 0.25) is 0 Å². The summed E-state index contributed by atoms with van der Waals surface area (Å²) < 4.78 is 2.00. The lowest BCUT2D eigenvalue weighted by molar-refractivity contribution is 0.546. The molecule has 66 valence electrons. The van der Waals surface area contributed by atoms with Crippen LogP contribution in [0, 0.1) is 5.92 Å². The van der Waals surface area contributed by atoms with Crippen LogP contribution >= 0.6 is 0 Å². The van der Waals surface area contributed by atoms with Crippen molar-refractivity contribution in [2.45, 2.75) is 32.4 Å². The lowest BCUT2D eigenvalue weighted by Gasteiger charge is -1.97. The second-order valence-corrected chi connectivity index (χ2v) is 3.55. The number of hydrogen-bond donors (Lipinski definition) is 1. The molecule has 12 heavy (non-hydrogen) atoms. The molecule has 0 aliphatic heterocycles. The first-order valence-corrected chi connectivity index (χ1v) is 4.60. The number of aromatic nitrogens is 2. The number of hydrogen-bond acceptors (Lipinski definition) is 2. The second kappa shape index (κ2) is 3.27. The summed E-state index contributed by atoms with van der Waals surface area (Å²) in [6.07, 6.45) is 8.02. The molecular weight excluding hydrogens is 150 g/mol. The van der Waals surface area contributed by atoms with E-state index >= 15 is 0 Å². The van der Waals surface area contributed by atoms with Gasteiger partial charge in [-0.25, -0.2) is 0 Å². The summed E-state index contributed by atoms with van der Waals surface area (Å²) in [7, 11) is 0. The van der Waals surface area contributed by atoms with Gasteiger partial charge in [0.25, 0.3) is 0 Å². The van der Waals surface area contributed by atoms with E-state index in [1.165, 1.54) is 19.3 Å². The highest BCUT2D eigenvalue weighted by molar-refractivity contribution is 5.02. The molecule has 0 unspecified atom stereocenters. The molecule has 0 radical (unpaired) electrons. The van der Waals surface area contributed by atoms with Gasteiger partial charge in [-0.15, -0.1) is 0 Å². The Morgan fingerprint density at radius 2 is 2.42 bits per heavy atom. The Morgan fingerprint density at radius 3 is 3.00 bits per heavy atom. The quantitative estimate of drug-likeness (QED) is 0.727. The van der Waals surface area contributed by atoms with Crippen LogP contribution in [0.15, 0.2) is 12.4 Å². The molecule has 1 aromatic heterocycles. The van der Waals surface area contributed by atoms with E-state index in [4.69, 9.17) is 5.73 Å². The van der Waals surface area contributed by atoms with Crippen molar-refractivity contribution in [3.63, 3.8) is 0 Å². The molecule has 1 fully saturated rings. The van der Waals surface area contributed by atoms with E-state index < -0.39 is 0 Å². The van der Waals surface area contributed by atoms with E-state index in [-0.39, 0.29) is 0 Å². The fourth-order valence-corrected chi connectivity index (χ4v) is 1.36. The highest BCUT2D eigenvalue weighted by Crippen LogP contribution is 2.32. The standard InChI is InChI=1S/C9H15N3/c10-5-9-6-11-12(7-9)4-3-8-1-2-8/h6-8H,1-5,10H2. The van der Waals surface area contributed by atoms with Crippen LogP contribution in [0.25, 0.3) is 0 Å². The van der Waals surface area contributed by atoms with E-state index in [0.717, 1.165) is 18.0 Å². The van der Waals surface area contributed by atoms with Crippen molar-refractivity contribution in [1.82, 2.24) is 9.78 Å². The van der Waals surface area contributed by atoms with Crippen LogP contribution in [0.1, 0.15) is 24.8 Å². The second-order valence-electron chi connectivity index (χ2n) is 3.55. The van der Waals surface area contributed by atoms with E-state index in [2.05, 4.69) is 5.10 Å². The average Bonchev–Trinajstić information content (AvgIpc) is 2.81. The predicted molar refractivity (Wildman–Crippen MR) is 47.5 cm³/mol. The van der Waals surface area contributed by atoms with Crippen LogP contribution in [-0.4, -0.2) is 9.78 Å². The Labute approximate surface area is 72.6 Å². The van der Waals surface area contributed by atoms with Gasteiger partial charge in [0.05, 0.1) is 6.20 Å². The largest absolute Gasteiger partial charge is 0.326 e. The Bertz CT molecular complexity index is 250. The monoisotopic (exact) mass is 165 g/mol. The minimum absolute atomic E-state index is 0.601. The van der Waals surface area contributed by atoms with Gasteiger partial charge in [-0.2, -0.15) is 5.10 Å². The maximum absolute atomic E-state index is 5.48. The summed E-state index contributed by atoms with van der Waals surface area (Å²) >= 11 is 0. The number of nitrogens with zero attached hydrogens (tertiary/aromatic N) is 2. The lowest BCUT2D eigenvalue weighted by Crippen LogP contribution is -1.99. The summed E-state index contributed by atoms with van der Waals surface area (Å²) in [5.41, 5.74) is 6.61. The molecule has 1 heterocycles. The third-order valence-corrected chi connectivity index (χ3v) is 2.39. The minimum Gasteiger partial charge on any atom is -0.326 e. The van der Waals surface area contributed by atoms with E-state index in [9.17, 15) is 0 Å². The van der Waals surface area contributed by atoms with Crippen LogP contribution in [-0.2, 0) is 13.1 Å². The predicted octanol–water partition coefficient (Wildman–Crippen LogP) is 1.14. The first-order valence-electron chi connectivity index (χ1n) is 4.60. The van der Waals surface area contributed by atoms with Gasteiger partial charge in [0.15, 0.2) is 0 Å². The normalized spacial score (nSPS) is 16.8. The maximum Gasteiger partial charge on any atom is 0.0534 e. The summed E-state index contributed by atoms with van der Waals surface area (Å²) in [5, 5.41) is 4.22. The van der Waals surface area contributed by atoms with Crippen molar-refractivity contribution >= 4 is 0 Å². The van der Waals surface area contributed by atoms with Crippen LogP contribution in [0.5, 0.6) is 0 Å². The van der Waals surface area contributed by atoms with Crippen LogP contribution in [0.3, 0.4) is 0 Å². The fraction of sp³-hybridized carbons (Fsp3) is 0.667. The van der Waals surface area contributed by atoms with Gasteiger partial charge in [0.1, 0.15) is 0 Å². The summed E-state index contributed by atoms with van der Waals surface area (Å²) in [6, 6.07) is 0. The summed E-state index contributed by atoms with van der Waals surface area (Å²) in [5.74, 6) is 0.982. The first kappa shape index (κ1) is 7.80. The molecule has 0 amide bonds. The van der Waals surface area contributed by atoms with Gasteiger partial charge >= 0.3 is 0 Å². The molecule has 0 aromatic carbocycles. The Kier molecular flexibility index (Phi) is 2.13. The van der Waals surface area contributed by atoms with Crippen molar-refractivity contribution in [3.05, 3.63) is 18.0 Å². The highest BCUT2D eigenvalue weighted by atomic mass is 15.3. The van der Waals surface area contributed by atoms with E-state index in [1.54, 1.807) is 0 Å². The molecule has 3 heteroatoms. The third-order valence-electron chi connectivity index (χ3n) is 2.39. The Hall–Kier alpha value is -0.830. The first-order chi connectivity index (χ1) is 5.88. The van der Waals surface area contributed by atoms with Gasteiger partial charge < -0.3 is 5.73 Å². The van der Waals surface area contributed by atoms with Crippen LogP contribution < -0.4 is 5.73 Å². The van der Waals surface area contributed by atoms with Crippen molar-refractivity contribution in [2.75, 3.05) is 0 Å². The fourth-order valence-electron chi connectivity index (χ4n) is 1.36. The third kappa shape index (κ3) is 1.85. The zero-order valence-electron chi connectivity index (χ0n) is 7.24. The highest BCUT2D eigenvalue weighted by Gasteiger charge is 2.20. The molecule has 1 aliphatic rings. The van der Waals surface area contributed by atoms with Gasteiger partial charge in [-0.3, -0.25) is 4.68 Å². The van der Waals surface area contributed by atoms with Crippen molar-refractivity contribution in [3.8, 4) is 0 Å². The van der Waals surface area contributed by atoms with Crippen molar-refractivity contribution in [1.29, 1.82) is 0 Å². The van der Waals surface area contributed by atoms with Gasteiger partial charge in [-0.1, -0.05) is 12.8 Å². The number of aryl methyl sites for hydroxylation is 1. The molecule has 1 saturated carbocycles. The molecule has 0 atom stereocenters. The molecule has 0 saturated heterocycles. The van der Waals surface area contributed by atoms with E-state index in [0.29, 0.717) is 6.54 Å². The zero-order chi connectivity index (χ0) is 8.39. The van der Waals surface area contributed by atoms with Gasteiger partial charge in [0, 0.05) is 24.8 Å². The topological polar surface area (TPSA) is 43.8 Å². The zero-order valence-corrected chi connectivity index (χ0v) is 7.24. The molecule has 2 rings (SSSR count). The van der Waals surface area contributed by atoms with E-state index in [1.807, 2.05) is 17.1 Å². The van der Waals surface area contributed by atoms with Crippen molar-refractivity contribution in [2.24, 2.45) is 11.7 Å². The summed E-state index contributed by atoms with van der Waals surface area (Å²) in [6.45, 7) is 1.66. The van der Waals surface area contributed by atoms with Gasteiger partial charge in [0.2, 0.25) is 0 Å². The average molecular weight is 165 g/mol. The smallest absolute Gasteiger partial charge is 0.0534 e. The Balaban J connectivity index is 1.84. The minimum atomic E-state index is 0.601. The molecular formula is C9H15N3. The Morgan fingerprint density at radius 1 is 1.58 bits per heavy atom. The SMILES string of the molecule is NCc1cnn(CCC2CC2)c1. The molecule has 1 aliphatic carbocycles. The molecule has 0 spiro atoms. The molecule has 2 N–H and O–H groups in total. The van der Waals surface area contributed by atoms with Crippen LogP contribution in [0.4, 0.5) is 0 Å².